The van der Waals surface area contributed by atoms with E-state index in [1.807, 2.05) is 6.92 Å². The largest absolute Gasteiger partial charge is 0.482 e. The monoisotopic (exact) mass is 430 g/mol. The third kappa shape index (κ3) is 6.10. The molecule has 2 rings (SSSR count). The zero-order valence-electron chi connectivity index (χ0n) is 15.0. The fourth-order valence-corrected chi connectivity index (χ4v) is 3.95. The molecule has 0 atom stereocenters. The molecule has 0 spiro atoms. The zero-order chi connectivity index (χ0) is 20.2. The van der Waals surface area contributed by atoms with Gasteiger partial charge in [0.2, 0.25) is 10.0 Å². The Morgan fingerprint density at radius 1 is 1.15 bits per heavy atom. The van der Waals surface area contributed by atoms with Crippen LogP contribution in [0.2, 0.25) is 10.0 Å². The summed E-state index contributed by atoms with van der Waals surface area (Å²) in [5, 5.41) is 3.30. The minimum atomic E-state index is -3.66. The topological polar surface area (TPSA) is 84.5 Å². The first-order valence-corrected chi connectivity index (χ1v) is 10.3. The fraction of sp³-hybridized carbons (Fsp3) is 0.278. The highest BCUT2D eigenvalue weighted by atomic mass is 35.5. The minimum Gasteiger partial charge on any atom is -0.482 e. The lowest BCUT2D eigenvalue weighted by atomic mass is 10.2. The van der Waals surface area contributed by atoms with E-state index in [-0.39, 0.29) is 28.3 Å². The molecule has 0 aliphatic heterocycles. The Morgan fingerprint density at radius 2 is 1.85 bits per heavy atom. The predicted molar refractivity (Wildman–Crippen MR) is 107 cm³/mol. The molecule has 1 amide bonds. The fourth-order valence-electron chi connectivity index (χ4n) is 2.20. The van der Waals surface area contributed by atoms with Crippen molar-refractivity contribution in [3.8, 4) is 5.75 Å². The van der Waals surface area contributed by atoms with E-state index in [2.05, 4.69) is 10.0 Å². The van der Waals surface area contributed by atoms with E-state index in [4.69, 9.17) is 27.9 Å². The third-order valence-corrected chi connectivity index (χ3v) is 5.62. The second-order valence-corrected chi connectivity index (χ2v) is 8.72. The zero-order valence-corrected chi connectivity index (χ0v) is 17.4. The van der Waals surface area contributed by atoms with Gasteiger partial charge in [0.15, 0.2) is 6.61 Å². The van der Waals surface area contributed by atoms with Gasteiger partial charge in [0.05, 0.1) is 9.92 Å². The van der Waals surface area contributed by atoms with Gasteiger partial charge in [-0.3, -0.25) is 4.79 Å². The molecule has 0 saturated carbocycles. The molecule has 27 heavy (non-hydrogen) atoms. The predicted octanol–water partition coefficient (Wildman–Crippen LogP) is 4.01. The lowest BCUT2D eigenvalue weighted by Gasteiger charge is -2.13. The van der Waals surface area contributed by atoms with Crippen molar-refractivity contribution in [2.24, 2.45) is 0 Å². The van der Waals surface area contributed by atoms with Gasteiger partial charge in [-0.05, 0) is 56.7 Å². The Labute approximate surface area is 168 Å². The van der Waals surface area contributed by atoms with Crippen LogP contribution in [0, 0.1) is 6.92 Å². The third-order valence-electron chi connectivity index (χ3n) is 3.44. The van der Waals surface area contributed by atoms with Gasteiger partial charge in [0, 0.05) is 16.8 Å². The molecule has 0 fully saturated rings. The highest BCUT2D eigenvalue weighted by molar-refractivity contribution is 7.89. The van der Waals surface area contributed by atoms with Crippen LogP contribution in [-0.4, -0.2) is 27.0 Å². The molecule has 2 N–H and O–H groups in total. The van der Waals surface area contributed by atoms with Gasteiger partial charge in [-0.15, -0.1) is 0 Å². The van der Waals surface area contributed by atoms with Crippen molar-refractivity contribution in [2.45, 2.75) is 31.7 Å². The number of sulfonamides is 1. The Balaban J connectivity index is 2.04. The first-order chi connectivity index (χ1) is 12.6. The standard InChI is InChI=1S/C18H20Cl2N2O4S/c1-11(2)22-27(24,25)14-6-7-17(15(20)9-14)26-10-18(23)21-16-8-13(19)5-4-12(16)3/h4-9,11,22H,10H2,1-3H3,(H,21,23). The minimum absolute atomic E-state index is 0.0209. The summed E-state index contributed by atoms with van der Waals surface area (Å²) in [6, 6.07) is 8.97. The average Bonchev–Trinajstić information content (AvgIpc) is 2.56. The normalized spacial score (nSPS) is 11.5. The number of nitrogens with one attached hydrogen (secondary N) is 2. The van der Waals surface area contributed by atoms with E-state index in [1.165, 1.54) is 18.2 Å². The van der Waals surface area contributed by atoms with E-state index in [0.29, 0.717) is 10.7 Å². The number of hydrogen-bond acceptors (Lipinski definition) is 4. The van der Waals surface area contributed by atoms with Crippen molar-refractivity contribution >= 4 is 44.8 Å². The number of hydrogen-bond donors (Lipinski definition) is 2. The molecule has 0 unspecified atom stereocenters. The molecule has 0 aliphatic rings. The average molecular weight is 431 g/mol. The maximum atomic E-state index is 12.1. The van der Waals surface area contributed by atoms with Crippen LogP contribution >= 0.6 is 23.2 Å². The molecule has 0 bridgehead atoms. The molecular weight excluding hydrogens is 411 g/mol. The first-order valence-electron chi connectivity index (χ1n) is 8.09. The van der Waals surface area contributed by atoms with Crippen LogP contribution in [0.5, 0.6) is 5.75 Å². The van der Waals surface area contributed by atoms with E-state index < -0.39 is 15.9 Å². The van der Waals surface area contributed by atoms with Crippen LogP contribution in [0.4, 0.5) is 5.69 Å². The van der Waals surface area contributed by atoms with Crippen LogP contribution in [0.15, 0.2) is 41.3 Å². The van der Waals surface area contributed by atoms with Gasteiger partial charge in [-0.25, -0.2) is 13.1 Å². The number of carbonyl (C=O) groups excluding carboxylic acids is 1. The SMILES string of the molecule is Cc1ccc(Cl)cc1NC(=O)COc1ccc(S(=O)(=O)NC(C)C)cc1Cl. The van der Waals surface area contributed by atoms with Crippen molar-refractivity contribution in [1.29, 1.82) is 0 Å². The van der Waals surface area contributed by atoms with Crippen molar-refractivity contribution in [2.75, 3.05) is 11.9 Å². The second-order valence-electron chi connectivity index (χ2n) is 6.16. The van der Waals surface area contributed by atoms with Gasteiger partial charge in [0.25, 0.3) is 5.91 Å². The maximum Gasteiger partial charge on any atom is 0.262 e. The molecule has 9 heteroatoms. The Morgan fingerprint density at radius 3 is 2.48 bits per heavy atom. The smallest absolute Gasteiger partial charge is 0.262 e. The maximum absolute atomic E-state index is 12.1. The number of rotatable bonds is 7. The van der Waals surface area contributed by atoms with Gasteiger partial charge >= 0.3 is 0 Å². The summed E-state index contributed by atoms with van der Waals surface area (Å²) in [7, 11) is -3.66. The van der Waals surface area contributed by atoms with Gasteiger partial charge in [-0.2, -0.15) is 0 Å². The number of ether oxygens (including phenoxy) is 1. The highest BCUT2D eigenvalue weighted by Crippen LogP contribution is 2.27. The summed E-state index contributed by atoms with van der Waals surface area (Å²) >= 11 is 12.0. The van der Waals surface area contributed by atoms with E-state index in [0.717, 1.165) is 5.56 Å². The van der Waals surface area contributed by atoms with E-state index in [9.17, 15) is 13.2 Å². The van der Waals surface area contributed by atoms with Crippen LogP contribution in [0.1, 0.15) is 19.4 Å². The van der Waals surface area contributed by atoms with Crippen molar-refractivity contribution in [3.05, 3.63) is 52.0 Å². The Bertz CT molecular complexity index is 946. The van der Waals surface area contributed by atoms with Crippen LogP contribution in [0.25, 0.3) is 0 Å². The number of anilines is 1. The lowest BCUT2D eigenvalue weighted by molar-refractivity contribution is -0.118. The van der Waals surface area contributed by atoms with Crippen molar-refractivity contribution < 1.29 is 17.9 Å². The summed E-state index contributed by atoms with van der Waals surface area (Å²) in [5.41, 5.74) is 1.45. The summed E-state index contributed by atoms with van der Waals surface area (Å²) < 4.78 is 32.2. The molecule has 2 aromatic carbocycles. The quantitative estimate of drug-likeness (QED) is 0.694. The number of amides is 1. The van der Waals surface area contributed by atoms with Gasteiger partial charge in [-0.1, -0.05) is 29.3 Å². The van der Waals surface area contributed by atoms with Crippen LogP contribution in [-0.2, 0) is 14.8 Å². The summed E-state index contributed by atoms with van der Waals surface area (Å²) in [6.45, 7) is 4.99. The lowest BCUT2D eigenvalue weighted by Crippen LogP contribution is -2.30. The number of carbonyl (C=O) groups is 1. The Hall–Kier alpha value is -1.80. The summed E-state index contributed by atoms with van der Waals surface area (Å²) in [4.78, 5) is 12.1. The number of benzene rings is 2. The number of aryl methyl sites for hydroxylation is 1. The van der Waals surface area contributed by atoms with E-state index in [1.54, 1.807) is 32.0 Å². The molecular formula is C18H20Cl2N2O4S. The molecule has 146 valence electrons. The Kier molecular flexibility index (Phi) is 7.11. The number of halogens is 2. The molecule has 0 aliphatic carbocycles. The summed E-state index contributed by atoms with van der Waals surface area (Å²) in [5.74, 6) is -0.187. The second kappa shape index (κ2) is 8.93. The molecule has 0 saturated heterocycles. The van der Waals surface area contributed by atoms with Crippen molar-refractivity contribution in [1.82, 2.24) is 4.72 Å². The van der Waals surface area contributed by atoms with Gasteiger partial charge < -0.3 is 10.1 Å². The molecule has 0 radical (unpaired) electrons. The molecule has 0 aromatic heterocycles. The van der Waals surface area contributed by atoms with Gasteiger partial charge in [0.1, 0.15) is 5.75 Å². The molecule has 2 aromatic rings. The van der Waals surface area contributed by atoms with Crippen molar-refractivity contribution in [3.63, 3.8) is 0 Å². The van der Waals surface area contributed by atoms with Crippen LogP contribution < -0.4 is 14.8 Å². The summed E-state index contributed by atoms with van der Waals surface area (Å²) in [6.07, 6.45) is 0. The molecule has 6 nitrogen and oxygen atoms in total. The first kappa shape index (κ1) is 21.5. The van der Waals surface area contributed by atoms with E-state index >= 15 is 0 Å². The van der Waals surface area contributed by atoms with Crippen LogP contribution in [0.3, 0.4) is 0 Å². The molecule has 0 heterocycles. The highest BCUT2D eigenvalue weighted by Gasteiger charge is 2.17.